The molecule has 3 aliphatic heterocycles. The van der Waals surface area contributed by atoms with E-state index in [0.29, 0.717) is 66.7 Å². The van der Waals surface area contributed by atoms with Crippen molar-refractivity contribution in [1.29, 1.82) is 16.2 Å². The zero-order valence-corrected chi connectivity index (χ0v) is 64.3. The molecular weight excluding hydrogens is 1420 g/mol. The molecule has 32 nitrogen and oxygen atoms in total. The van der Waals surface area contributed by atoms with E-state index in [4.69, 9.17) is 69.6 Å². The minimum Gasteiger partial charge on any atom is -0.870 e. The van der Waals surface area contributed by atoms with Gasteiger partial charge in [0, 0.05) is 61.5 Å². The Hall–Kier alpha value is -10.2. The molecule has 0 atom stereocenters. The van der Waals surface area contributed by atoms with Crippen LogP contribution in [0.5, 0.6) is 23.0 Å². The van der Waals surface area contributed by atoms with Gasteiger partial charge in [0.05, 0.1) is 55.6 Å². The monoisotopic (exact) mass is 1510 g/mol. The van der Waals surface area contributed by atoms with Gasteiger partial charge in [-0.15, -0.1) is 0 Å². The van der Waals surface area contributed by atoms with Crippen LogP contribution in [0.25, 0.3) is 12.2 Å². The van der Waals surface area contributed by atoms with E-state index in [2.05, 4.69) is 107 Å². The van der Waals surface area contributed by atoms with Crippen LogP contribution in [0.4, 0.5) is 14.4 Å². The summed E-state index contributed by atoms with van der Waals surface area (Å²) in [5.41, 5.74) is 38.9. The summed E-state index contributed by atoms with van der Waals surface area (Å²) in [7, 11) is 5.13. The number of carbonyl (C=O) groups excluding carboxylic acids is 6. The number of carbonyl (C=O) groups is 6. The van der Waals surface area contributed by atoms with Crippen LogP contribution in [-0.4, -0.2) is 156 Å². The molecule has 6 heterocycles. The van der Waals surface area contributed by atoms with Gasteiger partial charge in [0.25, 0.3) is 27.5 Å². The Morgan fingerprint density at radius 2 is 0.876 bits per heavy atom. The molecule has 558 valence electrons. The van der Waals surface area contributed by atoms with Crippen LogP contribution in [0.15, 0.2) is 153 Å². The van der Waals surface area contributed by atoms with Gasteiger partial charge in [0.2, 0.25) is 17.8 Å². The van der Waals surface area contributed by atoms with Crippen molar-refractivity contribution in [2.24, 2.45) is 49.4 Å². The van der Waals surface area contributed by atoms with Gasteiger partial charge < -0.3 is 69.5 Å². The molecule has 105 heavy (non-hydrogen) atoms. The number of benzene rings is 3. The van der Waals surface area contributed by atoms with Gasteiger partial charge >= 0.3 is 29.6 Å². The van der Waals surface area contributed by atoms with E-state index in [1.54, 1.807) is 33.4 Å². The quantitative estimate of drug-likeness (QED) is 0.0190. The Labute approximate surface area is 645 Å². The van der Waals surface area contributed by atoms with Crippen LogP contribution in [0.1, 0.15) is 72.6 Å². The molecule has 3 aromatic heterocycles. The number of nitrogens with two attached hydrogens (primary N) is 6. The van der Waals surface area contributed by atoms with Crippen molar-refractivity contribution < 1.29 is 82.7 Å². The summed E-state index contributed by atoms with van der Waals surface area (Å²) in [5, 5.41) is 33.6. The summed E-state index contributed by atoms with van der Waals surface area (Å²) < 4.78 is 22.2. The molecule has 36 heteroatoms. The fourth-order valence-corrected chi connectivity index (χ4v) is 9.69. The first-order valence-electron chi connectivity index (χ1n) is 31.9. The molecule has 9 rings (SSSR count). The number of rotatable bonds is 23. The molecule has 0 spiro atoms. The maximum Gasteiger partial charge on any atom is 1.00 e. The maximum absolute atomic E-state index is 11.5. The van der Waals surface area contributed by atoms with Crippen molar-refractivity contribution in [1.82, 2.24) is 46.9 Å². The number of aryl methyl sites for hydroxylation is 3. The van der Waals surface area contributed by atoms with Gasteiger partial charge in [-0.05, 0) is 171 Å². The molecule has 6 amide bonds. The number of likely N-dealkylation sites (N-methyl/N-ethyl adjacent to an activating group) is 2. The number of amides is 6. The third kappa shape index (κ3) is 41.6. The van der Waals surface area contributed by atoms with E-state index in [1.165, 1.54) is 16.7 Å². The number of methoxy groups -OCH3 is 1. The average molecular weight is 1510 g/mol. The second-order valence-electron chi connectivity index (χ2n) is 20.9. The van der Waals surface area contributed by atoms with Gasteiger partial charge in [-0.2, -0.15) is 9.98 Å². The van der Waals surface area contributed by atoms with Crippen molar-refractivity contribution in [3.8, 4) is 23.0 Å². The third-order valence-corrected chi connectivity index (χ3v) is 15.3. The first-order valence-corrected chi connectivity index (χ1v) is 34.5. The standard InChI is InChI=1S/2C19H18N2O3S.C16H19NO2.3C4H11N5.C3H3NO2S.Na.H2O/c2*1-2-13-3-6-15(20-12-13)9-10-24-16-7-4-14(5-8-16)11-17-18(22)21-19(23)25-17;1-3-13-4-5-14(17-12-13)10-11-19-16-8-6-15(18-2)7-9-16;2*1-8-2-3(5)9-4(6)7;1-2-8-4(7)9-3(5)6;5-2-1-7-3(6)4-2;;/h2*3-8,11-12H,2,9-10H2,1H3,(H,21,22,23);4-9,12H,3,10-11H2,1-2H3;2*8H,2H2,1H3,(H5,5,6,7,9);2H2,1H3,(H6,5,6,7,8,9);1H2,(H,4,5,6);;1H2/q;;;;;;;+1;/p-1/b2*17-11-;;;;;;;. The number of hydrogen-bond donors (Lipinski definition) is 15. The summed E-state index contributed by atoms with van der Waals surface area (Å²) in [6, 6.07) is 34.8. The minimum atomic E-state index is -0.350. The van der Waals surface area contributed by atoms with Crippen LogP contribution in [0.2, 0.25) is 0 Å². The van der Waals surface area contributed by atoms with E-state index in [9.17, 15) is 28.8 Å². The number of imide groups is 3. The fraction of sp³-hybridized carbons (Fsp3) is 0.290. The molecule has 0 bridgehead atoms. The second-order valence-corrected chi connectivity index (χ2v) is 23.9. The molecule has 3 fully saturated rings. The number of amidine groups is 2. The number of pyridine rings is 3. The maximum atomic E-state index is 11.5. The van der Waals surface area contributed by atoms with E-state index in [-0.39, 0.29) is 92.3 Å². The number of nitrogens with zero attached hydrogens (tertiary/aromatic N) is 6. The number of guanidine groups is 4. The van der Waals surface area contributed by atoms with Crippen LogP contribution in [-0.2, 0) is 52.9 Å². The molecule has 3 saturated heterocycles. The molecule has 0 aliphatic carbocycles. The number of aliphatic imine (C=N–C) groups is 3. The first kappa shape index (κ1) is 92.8. The zero-order valence-electron chi connectivity index (χ0n) is 59.9. The Kier molecular flexibility index (Phi) is 47.3. The summed E-state index contributed by atoms with van der Waals surface area (Å²) in [6.45, 7) is 11.4. The molecule has 0 saturated carbocycles. The minimum absolute atomic E-state index is 0. The van der Waals surface area contributed by atoms with Crippen LogP contribution < -0.4 is 115 Å². The summed E-state index contributed by atoms with van der Waals surface area (Å²) >= 11 is 2.83. The van der Waals surface area contributed by atoms with Crippen LogP contribution in [0, 0.1) is 16.2 Å². The molecule has 0 unspecified atom stereocenters. The number of ether oxygens (including phenoxy) is 4. The zero-order chi connectivity index (χ0) is 75.9. The molecule has 22 N–H and O–H groups in total. The van der Waals surface area contributed by atoms with Crippen LogP contribution >= 0.6 is 35.3 Å². The smallest absolute Gasteiger partial charge is 0.870 e. The van der Waals surface area contributed by atoms with Gasteiger partial charge in [-0.3, -0.25) is 86.2 Å². The topological polar surface area (TPSA) is 545 Å². The van der Waals surface area contributed by atoms with Crippen molar-refractivity contribution in [2.45, 2.75) is 66.2 Å². The Morgan fingerprint density at radius 3 is 1.11 bits per heavy atom. The van der Waals surface area contributed by atoms with Crippen LogP contribution in [0.3, 0.4) is 0 Å². The van der Waals surface area contributed by atoms with Gasteiger partial charge in [-0.25, -0.2) is 0 Å². The van der Waals surface area contributed by atoms with E-state index in [0.717, 1.165) is 125 Å². The predicted octanol–water partition coefficient (Wildman–Crippen LogP) is 2.97. The van der Waals surface area contributed by atoms with Crippen molar-refractivity contribution in [3.05, 3.63) is 182 Å². The van der Waals surface area contributed by atoms with Crippen molar-refractivity contribution in [3.63, 3.8) is 0 Å². The Balaban J connectivity index is 0.000000645. The molecule has 3 aromatic carbocycles. The largest absolute Gasteiger partial charge is 1.00 e. The van der Waals surface area contributed by atoms with Gasteiger partial charge in [-0.1, -0.05) is 75.0 Å². The molecule has 3 aliphatic rings. The normalized spacial score (nSPS) is 13.5. The summed E-state index contributed by atoms with van der Waals surface area (Å²) in [4.78, 5) is 90.2. The van der Waals surface area contributed by atoms with Crippen molar-refractivity contribution in [2.75, 3.05) is 66.4 Å². The Morgan fingerprint density at radius 1 is 0.524 bits per heavy atom. The molecule has 6 aromatic rings. The predicted molar refractivity (Wildman–Crippen MR) is 413 cm³/mol. The second kappa shape index (κ2) is 53.5. The van der Waals surface area contributed by atoms with E-state index >= 15 is 0 Å². The van der Waals surface area contributed by atoms with E-state index < -0.39 is 0 Å². The fourth-order valence-electron chi connectivity index (χ4n) is 7.81. The number of hydrogen-bond acceptors (Lipinski definition) is 23. The van der Waals surface area contributed by atoms with Gasteiger partial charge in [0.15, 0.2) is 11.9 Å². The third-order valence-electron chi connectivity index (χ3n) is 12.9. The molecular formula is C69H92N21NaO11S3. The molecule has 0 radical (unpaired) electrons. The summed E-state index contributed by atoms with van der Waals surface area (Å²) in [5.74, 6) is 2.73. The summed E-state index contributed by atoms with van der Waals surface area (Å²) in [6.07, 6.45) is 14.4. The SMILES string of the molecule is CCN=C(N)NC(=N)N.CCc1ccc(CCOc2ccc(/C=C3\SC(=O)NC3=O)cc2)nc1.CCc1ccc(CCOc2ccc(/C=C3\SC(=O)NC3=O)cc2)nc1.CCc1ccc(CCOc2ccc(OC)cc2)nc1.CNCC(N)=NC(=N)N.CNCC(N)=NC(=N)N.O=C1CSC(=O)N1.[Na+].[OH-]. The van der Waals surface area contributed by atoms with E-state index in [1.807, 2.05) is 110 Å². The number of thioether (sulfide) groups is 3. The van der Waals surface area contributed by atoms with Crippen molar-refractivity contribution >= 4 is 116 Å². The van der Waals surface area contributed by atoms with Gasteiger partial charge in [0.1, 0.15) is 34.7 Å². The first-order chi connectivity index (χ1) is 49.4. The average Bonchev–Trinajstić information content (AvgIpc) is 1.78. The number of aromatic nitrogens is 3. The number of nitrogens with one attached hydrogen (secondary N) is 9. The Bertz CT molecular complexity index is 3640.